The Morgan fingerprint density at radius 1 is 1.12 bits per heavy atom. The molecule has 2 aliphatic rings. The maximum Gasteiger partial charge on any atom is 0.338 e. The maximum atomic E-state index is 12.9. The van der Waals surface area contributed by atoms with Gasteiger partial charge in [-0.15, -0.1) is 0 Å². The van der Waals surface area contributed by atoms with Crippen LogP contribution in [0.2, 0.25) is 0 Å². The lowest BCUT2D eigenvalue weighted by Crippen LogP contribution is -2.46. The molecule has 0 heterocycles. The maximum absolute atomic E-state index is 12.9. The van der Waals surface area contributed by atoms with Crippen molar-refractivity contribution in [3.63, 3.8) is 0 Å². The third-order valence-corrected chi connectivity index (χ3v) is 7.39. The predicted molar refractivity (Wildman–Crippen MR) is 136 cm³/mol. The molecule has 2 aliphatic carbocycles. The fourth-order valence-corrected chi connectivity index (χ4v) is 5.74. The van der Waals surface area contributed by atoms with Gasteiger partial charge in [0, 0.05) is 17.9 Å². The number of fused-ring (bicyclic) bond motifs is 1. The van der Waals surface area contributed by atoms with Gasteiger partial charge in [0.25, 0.3) is 0 Å². The minimum absolute atomic E-state index is 0.137. The van der Waals surface area contributed by atoms with Crippen molar-refractivity contribution in [1.82, 2.24) is 0 Å². The Morgan fingerprint density at radius 2 is 1.85 bits per heavy atom. The first kappa shape index (κ1) is 25.7. The summed E-state index contributed by atoms with van der Waals surface area (Å²) in [5.41, 5.74) is 3.25. The number of benzene rings is 1. The second-order valence-electron chi connectivity index (χ2n) is 9.51. The van der Waals surface area contributed by atoms with Crippen molar-refractivity contribution in [1.29, 1.82) is 0 Å². The number of esters is 2. The number of carbonyl (C=O) groups is 2. The van der Waals surface area contributed by atoms with E-state index in [-0.39, 0.29) is 29.9 Å². The van der Waals surface area contributed by atoms with Crippen molar-refractivity contribution in [2.24, 2.45) is 29.6 Å². The molecule has 34 heavy (non-hydrogen) atoms. The van der Waals surface area contributed by atoms with Crippen molar-refractivity contribution in [3.05, 3.63) is 83.5 Å². The molecule has 1 saturated carbocycles. The third kappa shape index (κ3) is 5.97. The largest absolute Gasteiger partial charge is 0.463 e. The molecule has 0 saturated heterocycles. The topological polar surface area (TPSA) is 52.6 Å². The van der Waals surface area contributed by atoms with E-state index in [4.69, 9.17) is 9.47 Å². The van der Waals surface area contributed by atoms with Gasteiger partial charge in [-0.05, 0) is 70.4 Å². The Balaban J connectivity index is 1.90. The lowest BCUT2D eigenvalue weighted by Gasteiger charge is -2.49. The fraction of sp³-hybridized carbons (Fsp3) is 0.467. The normalized spacial score (nSPS) is 29.6. The lowest BCUT2D eigenvalue weighted by atomic mass is 9.57. The molecule has 1 unspecified atom stereocenters. The fourth-order valence-electron chi connectivity index (χ4n) is 5.74. The first-order valence-electron chi connectivity index (χ1n) is 12.5. The van der Waals surface area contributed by atoms with Gasteiger partial charge in [-0.3, -0.25) is 0 Å². The van der Waals surface area contributed by atoms with Crippen LogP contribution in [0.3, 0.4) is 0 Å². The van der Waals surface area contributed by atoms with Gasteiger partial charge in [0.1, 0.15) is 6.10 Å². The van der Waals surface area contributed by atoms with E-state index in [1.807, 2.05) is 24.3 Å². The number of hydrogen-bond donors (Lipinski definition) is 0. The Hall–Kier alpha value is -2.88. The van der Waals surface area contributed by atoms with Gasteiger partial charge in [-0.25, -0.2) is 9.59 Å². The average molecular weight is 463 g/mol. The standard InChI is InChI=1S/C30H38O4/c1-6-20(3)28-22(5)19-25-26(34-30(32)23-13-9-8-10-14-23)18-17-21(4)29(25)24(28)15-11-12-16-27(31)33-7-2/h6,8-16,19,21,24-26,28-29H,7,17-18H2,1-5H3/b15-11+,16-12+,20-6+/t21-,24+,25-,26-,28?,29-/m0/s1. The molecule has 1 fully saturated rings. The molecule has 0 spiro atoms. The van der Waals surface area contributed by atoms with Gasteiger partial charge in [-0.2, -0.15) is 0 Å². The van der Waals surface area contributed by atoms with Crippen LogP contribution in [0.25, 0.3) is 0 Å². The monoisotopic (exact) mass is 462 g/mol. The van der Waals surface area contributed by atoms with Crippen molar-refractivity contribution >= 4 is 11.9 Å². The number of rotatable bonds is 7. The molecule has 3 rings (SSSR count). The van der Waals surface area contributed by atoms with E-state index in [2.05, 4.69) is 45.9 Å². The van der Waals surface area contributed by atoms with E-state index < -0.39 is 0 Å². The molecule has 0 aliphatic heterocycles. The summed E-state index contributed by atoms with van der Waals surface area (Å²) in [5, 5.41) is 0. The van der Waals surface area contributed by atoms with Gasteiger partial charge < -0.3 is 9.47 Å². The van der Waals surface area contributed by atoms with E-state index in [0.717, 1.165) is 12.8 Å². The van der Waals surface area contributed by atoms with Crippen molar-refractivity contribution < 1.29 is 19.1 Å². The molecule has 0 N–H and O–H groups in total. The number of allylic oxidation sites excluding steroid dienone is 6. The molecule has 6 atom stereocenters. The highest BCUT2D eigenvalue weighted by atomic mass is 16.5. The van der Waals surface area contributed by atoms with Gasteiger partial charge in [0.2, 0.25) is 0 Å². The summed E-state index contributed by atoms with van der Waals surface area (Å²) >= 11 is 0. The van der Waals surface area contributed by atoms with Crippen LogP contribution >= 0.6 is 0 Å². The van der Waals surface area contributed by atoms with Crippen molar-refractivity contribution in [2.75, 3.05) is 6.61 Å². The Morgan fingerprint density at radius 3 is 2.53 bits per heavy atom. The van der Waals surface area contributed by atoms with Gasteiger partial charge in [-0.1, -0.05) is 66.6 Å². The molecular weight excluding hydrogens is 424 g/mol. The quantitative estimate of drug-likeness (QED) is 0.196. The Labute approximate surface area is 204 Å². The predicted octanol–water partition coefficient (Wildman–Crippen LogP) is 6.71. The van der Waals surface area contributed by atoms with Gasteiger partial charge in [0.05, 0.1) is 12.2 Å². The molecule has 0 aromatic heterocycles. The number of hydrogen-bond acceptors (Lipinski definition) is 4. The van der Waals surface area contributed by atoms with E-state index in [1.165, 1.54) is 17.2 Å². The second-order valence-corrected chi connectivity index (χ2v) is 9.51. The highest BCUT2D eigenvalue weighted by Gasteiger charge is 2.47. The molecular formula is C30H38O4. The second kappa shape index (κ2) is 12.0. The number of carbonyl (C=O) groups excluding carboxylic acids is 2. The number of ether oxygens (including phenoxy) is 2. The Bertz CT molecular complexity index is 969. The van der Waals surface area contributed by atoms with Crippen LogP contribution in [-0.4, -0.2) is 24.6 Å². The summed E-state index contributed by atoms with van der Waals surface area (Å²) in [4.78, 5) is 24.6. The van der Waals surface area contributed by atoms with E-state index in [0.29, 0.717) is 29.9 Å². The zero-order valence-electron chi connectivity index (χ0n) is 21.1. The first-order valence-corrected chi connectivity index (χ1v) is 12.5. The molecule has 4 heteroatoms. The van der Waals surface area contributed by atoms with Crippen LogP contribution in [0, 0.1) is 29.6 Å². The molecule has 0 radical (unpaired) electrons. The molecule has 0 bridgehead atoms. The molecule has 1 aromatic carbocycles. The minimum Gasteiger partial charge on any atom is -0.463 e. The Kier molecular flexibility index (Phi) is 9.09. The highest BCUT2D eigenvalue weighted by molar-refractivity contribution is 5.89. The van der Waals surface area contributed by atoms with Crippen molar-refractivity contribution in [2.45, 2.75) is 53.6 Å². The summed E-state index contributed by atoms with van der Waals surface area (Å²) in [6, 6.07) is 9.24. The van der Waals surface area contributed by atoms with Gasteiger partial charge in [0.15, 0.2) is 0 Å². The molecule has 4 nitrogen and oxygen atoms in total. The van der Waals surface area contributed by atoms with Crippen LogP contribution in [0.4, 0.5) is 0 Å². The first-order chi connectivity index (χ1) is 16.4. The van der Waals surface area contributed by atoms with Crippen LogP contribution in [0.15, 0.2) is 77.9 Å². The third-order valence-electron chi connectivity index (χ3n) is 7.39. The molecule has 182 valence electrons. The smallest absolute Gasteiger partial charge is 0.338 e. The zero-order chi connectivity index (χ0) is 24.7. The van der Waals surface area contributed by atoms with E-state index in [9.17, 15) is 9.59 Å². The van der Waals surface area contributed by atoms with Crippen LogP contribution in [0.5, 0.6) is 0 Å². The lowest BCUT2D eigenvalue weighted by molar-refractivity contribution is -0.137. The SMILES string of the molecule is C/C=C(\C)C1C(C)=C[C@@H]2[C@H]([C@@H]1/C=C/C=C/C(=O)OCC)[C@@H](C)CC[C@@H]2OC(=O)c1ccccc1. The van der Waals surface area contributed by atoms with E-state index >= 15 is 0 Å². The minimum atomic E-state index is -0.329. The summed E-state index contributed by atoms with van der Waals surface area (Å²) in [6.07, 6.45) is 13.7. The summed E-state index contributed by atoms with van der Waals surface area (Å²) in [5.74, 6) is 0.984. The summed E-state index contributed by atoms with van der Waals surface area (Å²) < 4.78 is 11.1. The molecule has 1 aromatic rings. The van der Waals surface area contributed by atoms with Crippen LogP contribution < -0.4 is 0 Å². The van der Waals surface area contributed by atoms with Crippen LogP contribution in [-0.2, 0) is 14.3 Å². The van der Waals surface area contributed by atoms with E-state index in [1.54, 1.807) is 25.1 Å². The highest BCUT2D eigenvalue weighted by Crippen LogP contribution is 2.51. The van der Waals surface area contributed by atoms with Gasteiger partial charge >= 0.3 is 11.9 Å². The summed E-state index contributed by atoms with van der Waals surface area (Å²) in [7, 11) is 0. The summed E-state index contributed by atoms with van der Waals surface area (Å²) in [6.45, 7) is 11.0. The van der Waals surface area contributed by atoms with Crippen LogP contribution in [0.1, 0.15) is 57.8 Å². The average Bonchev–Trinajstić information content (AvgIpc) is 2.83. The zero-order valence-corrected chi connectivity index (χ0v) is 21.1. The molecule has 0 amide bonds. The van der Waals surface area contributed by atoms with Crippen molar-refractivity contribution in [3.8, 4) is 0 Å².